The fourth-order valence-corrected chi connectivity index (χ4v) is 3.37. The number of imidazole rings is 1. The SMILES string of the molecule is CCNc1ccncc1S(=O)(=O)NC(C)Cn1ccnc1. The van der Waals surface area contributed by atoms with E-state index >= 15 is 0 Å². The predicted molar refractivity (Wildman–Crippen MR) is 80.4 cm³/mol. The van der Waals surface area contributed by atoms with E-state index in [9.17, 15) is 8.42 Å². The molecule has 8 heteroatoms. The van der Waals surface area contributed by atoms with E-state index < -0.39 is 10.0 Å². The van der Waals surface area contributed by atoms with Crippen molar-refractivity contribution in [2.45, 2.75) is 31.3 Å². The molecule has 1 unspecified atom stereocenters. The molecule has 114 valence electrons. The van der Waals surface area contributed by atoms with Crippen LogP contribution in [0.2, 0.25) is 0 Å². The number of sulfonamides is 1. The molecule has 0 bridgehead atoms. The van der Waals surface area contributed by atoms with Crippen LogP contribution in [0.3, 0.4) is 0 Å². The number of rotatable bonds is 7. The summed E-state index contributed by atoms with van der Waals surface area (Å²) in [4.78, 5) is 7.99. The number of anilines is 1. The summed E-state index contributed by atoms with van der Waals surface area (Å²) in [5.41, 5.74) is 0.551. The molecule has 0 fully saturated rings. The number of nitrogens with zero attached hydrogens (tertiary/aromatic N) is 3. The summed E-state index contributed by atoms with van der Waals surface area (Å²) in [5, 5.41) is 3.03. The molecule has 1 atom stereocenters. The Bertz CT molecular complexity index is 670. The van der Waals surface area contributed by atoms with Crippen LogP contribution >= 0.6 is 0 Å². The van der Waals surface area contributed by atoms with E-state index in [1.54, 1.807) is 37.9 Å². The van der Waals surface area contributed by atoms with Gasteiger partial charge in [0.15, 0.2) is 0 Å². The minimum Gasteiger partial charge on any atom is -0.384 e. The van der Waals surface area contributed by atoms with Gasteiger partial charge < -0.3 is 9.88 Å². The van der Waals surface area contributed by atoms with Crippen molar-refractivity contribution in [2.24, 2.45) is 0 Å². The van der Waals surface area contributed by atoms with Gasteiger partial charge >= 0.3 is 0 Å². The fraction of sp³-hybridized carbons (Fsp3) is 0.385. The number of hydrogen-bond donors (Lipinski definition) is 2. The van der Waals surface area contributed by atoms with E-state index in [4.69, 9.17) is 0 Å². The largest absolute Gasteiger partial charge is 0.384 e. The Hall–Kier alpha value is -1.93. The summed E-state index contributed by atoms with van der Waals surface area (Å²) in [6, 6.07) is 1.39. The molecule has 0 aromatic carbocycles. The first-order chi connectivity index (χ1) is 10.0. The van der Waals surface area contributed by atoms with Gasteiger partial charge in [0.25, 0.3) is 0 Å². The zero-order valence-corrected chi connectivity index (χ0v) is 12.8. The van der Waals surface area contributed by atoms with Gasteiger partial charge in [-0.25, -0.2) is 18.1 Å². The summed E-state index contributed by atoms with van der Waals surface area (Å²) in [7, 11) is -3.62. The van der Waals surface area contributed by atoms with Crippen molar-refractivity contribution < 1.29 is 8.42 Å². The topological polar surface area (TPSA) is 88.9 Å². The van der Waals surface area contributed by atoms with Crippen LogP contribution in [0.4, 0.5) is 5.69 Å². The van der Waals surface area contributed by atoms with Gasteiger partial charge in [-0.15, -0.1) is 0 Å². The van der Waals surface area contributed by atoms with Crippen LogP contribution in [0.25, 0.3) is 0 Å². The van der Waals surface area contributed by atoms with E-state index in [2.05, 4.69) is 20.0 Å². The molecule has 0 amide bonds. The molecule has 2 aromatic rings. The van der Waals surface area contributed by atoms with Crippen LogP contribution in [-0.4, -0.2) is 35.5 Å². The molecular formula is C13H19N5O2S. The maximum absolute atomic E-state index is 12.5. The van der Waals surface area contributed by atoms with Crippen molar-refractivity contribution in [1.82, 2.24) is 19.3 Å². The van der Waals surface area contributed by atoms with Gasteiger partial charge in [-0.2, -0.15) is 0 Å². The monoisotopic (exact) mass is 309 g/mol. The summed E-state index contributed by atoms with van der Waals surface area (Å²) < 4.78 is 29.4. The molecule has 0 aliphatic heterocycles. The van der Waals surface area contributed by atoms with Gasteiger partial charge in [-0.1, -0.05) is 0 Å². The zero-order chi connectivity index (χ0) is 15.3. The number of hydrogen-bond acceptors (Lipinski definition) is 5. The summed E-state index contributed by atoms with van der Waals surface area (Å²) in [6.07, 6.45) is 8.01. The molecule has 0 saturated heterocycles. The predicted octanol–water partition coefficient (Wildman–Crippen LogP) is 1.08. The molecule has 0 spiro atoms. The molecule has 2 rings (SSSR count). The first kappa shape index (κ1) is 15.5. The number of pyridine rings is 1. The molecule has 0 radical (unpaired) electrons. The van der Waals surface area contributed by atoms with E-state index in [-0.39, 0.29) is 10.9 Å². The van der Waals surface area contributed by atoms with Gasteiger partial charge in [0.05, 0.1) is 12.0 Å². The Balaban J connectivity index is 2.14. The van der Waals surface area contributed by atoms with Crippen LogP contribution in [0.15, 0.2) is 42.1 Å². The number of aromatic nitrogens is 3. The smallest absolute Gasteiger partial charge is 0.244 e. The molecule has 0 aliphatic rings. The summed E-state index contributed by atoms with van der Waals surface area (Å²) >= 11 is 0. The van der Waals surface area contributed by atoms with Crippen LogP contribution in [0, 0.1) is 0 Å². The van der Waals surface area contributed by atoms with E-state index in [0.717, 1.165) is 0 Å². The number of nitrogens with one attached hydrogen (secondary N) is 2. The zero-order valence-electron chi connectivity index (χ0n) is 12.0. The molecular weight excluding hydrogens is 290 g/mol. The lowest BCUT2D eigenvalue weighted by Crippen LogP contribution is -2.35. The molecule has 7 nitrogen and oxygen atoms in total. The summed E-state index contributed by atoms with van der Waals surface area (Å²) in [6.45, 7) is 4.86. The lowest BCUT2D eigenvalue weighted by molar-refractivity contribution is 0.520. The Morgan fingerprint density at radius 3 is 2.81 bits per heavy atom. The van der Waals surface area contributed by atoms with Crippen LogP contribution in [0.5, 0.6) is 0 Å². The van der Waals surface area contributed by atoms with Crippen LogP contribution in [-0.2, 0) is 16.6 Å². The van der Waals surface area contributed by atoms with Crippen molar-refractivity contribution in [3.63, 3.8) is 0 Å². The lowest BCUT2D eigenvalue weighted by Gasteiger charge is -2.16. The molecule has 2 N–H and O–H groups in total. The van der Waals surface area contributed by atoms with Crippen molar-refractivity contribution in [2.75, 3.05) is 11.9 Å². The molecule has 2 heterocycles. The van der Waals surface area contributed by atoms with Crippen molar-refractivity contribution in [1.29, 1.82) is 0 Å². The van der Waals surface area contributed by atoms with Gasteiger partial charge in [0, 0.05) is 43.9 Å². The van der Waals surface area contributed by atoms with Crippen molar-refractivity contribution >= 4 is 15.7 Å². The average molecular weight is 309 g/mol. The standard InChI is InChI=1S/C13H19N5O2S/c1-3-16-12-4-5-14-8-13(12)21(19,20)17-11(2)9-18-7-6-15-10-18/h4-8,10-11,17H,3,9H2,1-2H3,(H,14,16). The highest BCUT2D eigenvalue weighted by Gasteiger charge is 2.21. The van der Waals surface area contributed by atoms with Gasteiger partial charge in [0.2, 0.25) is 10.0 Å². The Morgan fingerprint density at radius 1 is 1.33 bits per heavy atom. The van der Waals surface area contributed by atoms with Crippen molar-refractivity contribution in [3.05, 3.63) is 37.2 Å². The van der Waals surface area contributed by atoms with E-state index in [1.807, 2.05) is 11.5 Å². The first-order valence-electron chi connectivity index (χ1n) is 6.69. The second kappa shape index (κ2) is 6.68. The average Bonchev–Trinajstić information content (AvgIpc) is 2.91. The maximum Gasteiger partial charge on any atom is 0.244 e. The molecule has 0 aliphatic carbocycles. The van der Waals surface area contributed by atoms with Crippen LogP contribution < -0.4 is 10.0 Å². The minimum atomic E-state index is -3.62. The highest BCUT2D eigenvalue weighted by molar-refractivity contribution is 7.89. The lowest BCUT2D eigenvalue weighted by atomic mass is 10.4. The van der Waals surface area contributed by atoms with E-state index in [1.165, 1.54) is 6.20 Å². The molecule has 2 aromatic heterocycles. The quantitative estimate of drug-likeness (QED) is 0.799. The second-order valence-electron chi connectivity index (χ2n) is 4.68. The highest BCUT2D eigenvalue weighted by atomic mass is 32.2. The van der Waals surface area contributed by atoms with Gasteiger partial charge in [-0.3, -0.25) is 4.98 Å². The normalized spacial score (nSPS) is 13.0. The van der Waals surface area contributed by atoms with Crippen LogP contribution in [0.1, 0.15) is 13.8 Å². The fourth-order valence-electron chi connectivity index (χ4n) is 2.01. The Labute approximate surface area is 124 Å². The highest BCUT2D eigenvalue weighted by Crippen LogP contribution is 2.19. The minimum absolute atomic E-state index is 0.157. The third kappa shape index (κ3) is 4.02. The third-order valence-corrected chi connectivity index (χ3v) is 4.46. The third-order valence-electron chi connectivity index (χ3n) is 2.84. The first-order valence-corrected chi connectivity index (χ1v) is 8.17. The van der Waals surface area contributed by atoms with Gasteiger partial charge in [0.1, 0.15) is 4.90 Å². The van der Waals surface area contributed by atoms with Crippen molar-refractivity contribution in [3.8, 4) is 0 Å². The second-order valence-corrected chi connectivity index (χ2v) is 6.37. The molecule has 0 saturated carbocycles. The Kier molecular flexibility index (Phi) is 4.92. The van der Waals surface area contributed by atoms with Gasteiger partial charge in [-0.05, 0) is 19.9 Å². The maximum atomic E-state index is 12.5. The van der Waals surface area contributed by atoms with E-state index in [0.29, 0.717) is 18.8 Å². The Morgan fingerprint density at radius 2 is 2.14 bits per heavy atom. The molecule has 21 heavy (non-hydrogen) atoms. The summed E-state index contributed by atoms with van der Waals surface area (Å²) in [5.74, 6) is 0.